The molecule has 3 nitrogen and oxygen atoms in total. The van der Waals surface area contributed by atoms with Crippen molar-refractivity contribution < 1.29 is 4.74 Å². The summed E-state index contributed by atoms with van der Waals surface area (Å²) in [5.41, 5.74) is 2.17. The van der Waals surface area contributed by atoms with Gasteiger partial charge in [-0.25, -0.2) is 4.98 Å². The van der Waals surface area contributed by atoms with Crippen molar-refractivity contribution in [1.29, 1.82) is 0 Å². The summed E-state index contributed by atoms with van der Waals surface area (Å²) in [6, 6.07) is 9.34. The fraction of sp³-hybridized carbons (Fsp3) is 0.267. The second-order valence-electron chi connectivity index (χ2n) is 4.30. The number of hydrogen-bond acceptors (Lipinski definition) is 3. The van der Waals surface area contributed by atoms with Gasteiger partial charge in [-0.15, -0.1) is 0 Å². The van der Waals surface area contributed by atoms with Gasteiger partial charge in [0.25, 0.3) is 0 Å². The summed E-state index contributed by atoms with van der Waals surface area (Å²) in [6.45, 7) is 5.85. The fourth-order valence-corrected chi connectivity index (χ4v) is 1.83. The third-order valence-corrected chi connectivity index (χ3v) is 2.95. The summed E-state index contributed by atoms with van der Waals surface area (Å²) in [6.07, 6.45) is 1.83. The zero-order chi connectivity index (χ0) is 13.7. The highest BCUT2D eigenvalue weighted by Gasteiger charge is 2.04. The number of nitrogens with zero attached hydrogens (tertiary/aromatic N) is 1. The first-order valence-electron chi connectivity index (χ1n) is 6.28. The second kappa shape index (κ2) is 6.55. The van der Waals surface area contributed by atoms with Crippen molar-refractivity contribution in [2.45, 2.75) is 20.4 Å². The molecule has 1 heterocycles. The van der Waals surface area contributed by atoms with Gasteiger partial charge in [0.05, 0.1) is 0 Å². The monoisotopic (exact) mass is 276 g/mol. The Bertz CT molecular complexity index is 540. The van der Waals surface area contributed by atoms with Gasteiger partial charge in [0.1, 0.15) is 5.75 Å². The van der Waals surface area contributed by atoms with E-state index in [0.717, 1.165) is 30.0 Å². The molecule has 0 spiro atoms. The molecule has 0 aliphatic rings. The van der Waals surface area contributed by atoms with E-state index >= 15 is 0 Å². The molecule has 0 unspecified atom stereocenters. The molecule has 100 valence electrons. The lowest BCUT2D eigenvalue weighted by Gasteiger charge is -2.09. The van der Waals surface area contributed by atoms with Gasteiger partial charge < -0.3 is 10.1 Å². The maximum atomic E-state index is 5.84. The third-order valence-electron chi connectivity index (χ3n) is 2.69. The number of nitrogens with one attached hydrogen (secondary N) is 1. The van der Waals surface area contributed by atoms with E-state index in [1.807, 2.05) is 25.3 Å². The molecule has 2 aromatic rings. The van der Waals surface area contributed by atoms with Crippen molar-refractivity contribution >= 4 is 11.6 Å². The number of rotatable bonds is 5. The summed E-state index contributed by atoms with van der Waals surface area (Å²) in [5.74, 6) is 1.36. The smallest absolute Gasteiger partial charge is 0.222 e. The average molecular weight is 277 g/mol. The molecule has 0 bridgehead atoms. The van der Waals surface area contributed by atoms with Crippen LogP contribution in [-0.2, 0) is 6.54 Å². The predicted octanol–water partition coefficient (Wildman–Crippen LogP) is 3.95. The average Bonchev–Trinajstić information content (AvgIpc) is 2.41. The normalized spacial score (nSPS) is 10.5. The largest absolute Gasteiger partial charge is 0.439 e. The molecule has 1 N–H and O–H groups in total. The van der Waals surface area contributed by atoms with Crippen LogP contribution in [0.1, 0.15) is 18.1 Å². The topological polar surface area (TPSA) is 34.2 Å². The quantitative estimate of drug-likeness (QED) is 0.898. The highest BCUT2D eigenvalue weighted by molar-refractivity contribution is 6.30. The van der Waals surface area contributed by atoms with Gasteiger partial charge >= 0.3 is 0 Å². The molecular weight excluding hydrogens is 260 g/mol. The Morgan fingerprint density at radius 1 is 1.26 bits per heavy atom. The molecule has 0 radical (unpaired) electrons. The molecule has 0 aliphatic carbocycles. The maximum absolute atomic E-state index is 5.84. The van der Waals surface area contributed by atoms with Crippen LogP contribution in [0.5, 0.6) is 11.6 Å². The van der Waals surface area contributed by atoms with Crippen molar-refractivity contribution in [3.8, 4) is 11.6 Å². The Morgan fingerprint density at radius 3 is 2.63 bits per heavy atom. The molecule has 19 heavy (non-hydrogen) atoms. The molecule has 0 saturated carbocycles. The zero-order valence-electron chi connectivity index (χ0n) is 11.1. The van der Waals surface area contributed by atoms with E-state index in [1.54, 1.807) is 12.1 Å². The van der Waals surface area contributed by atoms with Crippen LogP contribution in [0.4, 0.5) is 0 Å². The van der Waals surface area contributed by atoms with Crippen LogP contribution < -0.4 is 10.1 Å². The first-order valence-corrected chi connectivity index (χ1v) is 6.66. The van der Waals surface area contributed by atoms with Crippen molar-refractivity contribution in [2.24, 2.45) is 0 Å². The number of aryl methyl sites for hydroxylation is 1. The first-order chi connectivity index (χ1) is 9.19. The summed E-state index contributed by atoms with van der Waals surface area (Å²) >= 11 is 5.84. The molecule has 0 amide bonds. The maximum Gasteiger partial charge on any atom is 0.222 e. The minimum atomic E-state index is 0.627. The molecule has 0 aliphatic heterocycles. The van der Waals surface area contributed by atoms with Crippen LogP contribution >= 0.6 is 11.6 Å². The SMILES string of the molecule is CCNCc1cnc(Oc2ccc(Cl)cc2)c(C)c1. The van der Waals surface area contributed by atoms with Crippen LogP contribution in [0.2, 0.25) is 5.02 Å². The number of pyridine rings is 1. The lowest BCUT2D eigenvalue weighted by Crippen LogP contribution is -2.12. The Hall–Kier alpha value is -1.58. The molecule has 1 aromatic carbocycles. The zero-order valence-corrected chi connectivity index (χ0v) is 11.9. The number of hydrogen-bond donors (Lipinski definition) is 1. The standard InChI is InChI=1S/C15H17ClN2O/c1-3-17-9-12-8-11(2)15(18-10-12)19-14-6-4-13(16)5-7-14/h4-8,10,17H,3,9H2,1-2H3. The van der Waals surface area contributed by atoms with E-state index < -0.39 is 0 Å². The Labute approximate surface area is 118 Å². The summed E-state index contributed by atoms with van der Waals surface area (Å²) in [7, 11) is 0. The van der Waals surface area contributed by atoms with Gasteiger partial charge in [0.2, 0.25) is 5.88 Å². The molecule has 0 saturated heterocycles. The first kappa shape index (κ1) is 13.8. The fourth-order valence-electron chi connectivity index (χ4n) is 1.71. The minimum absolute atomic E-state index is 0.627. The van der Waals surface area contributed by atoms with Crippen molar-refractivity contribution in [3.05, 3.63) is 52.7 Å². The number of aromatic nitrogens is 1. The van der Waals surface area contributed by atoms with Crippen molar-refractivity contribution in [3.63, 3.8) is 0 Å². The second-order valence-corrected chi connectivity index (χ2v) is 4.74. The number of ether oxygens (including phenoxy) is 1. The Balaban J connectivity index is 2.10. The molecule has 4 heteroatoms. The Morgan fingerprint density at radius 2 is 2.00 bits per heavy atom. The van der Waals surface area contributed by atoms with E-state index in [9.17, 15) is 0 Å². The number of benzene rings is 1. The third kappa shape index (κ3) is 3.94. The Kier molecular flexibility index (Phi) is 4.77. The number of halogens is 1. The van der Waals surface area contributed by atoms with Gasteiger partial charge in [-0.1, -0.05) is 18.5 Å². The summed E-state index contributed by atoms with van der Waals surface area (Å²) < 4.78 is 5.73. The molecule has 0 fully saturated rings. The van der Waals surface area contributed by atoms with Gasteiger partial charge in [-0.2, -0.15) is 0 Å². The van der Waals surface area contributed by atoms with E-state index in [4.69, 9.17) is 16.3 Å². The lowest BCUT2D eigenvalue weighted by atomic mass is 10.2. The molecule has 1 aromatic heterocycles. The highest BCUT2D eigenvalue weighted by Crippen LogP contribution is 2.24. The van der Waals surface area contributed by atoms with Gasteiger partial charge in [-0.3, -0.25) is 0 Å². The van der Waals surface area contributed by atoms with Gasteiger partial charge in [-0.05, 0) is 49.4 Å². The lowest BCUT2D eigenvalue weighted by molar-refractivity contribution is 0.458. The highest BCUT2D eigenvalue weighted by atomic mass is 35.5. The van der Waals surface area contributed by atoms with E-state index in [1.165, 1.54) is 0 Å². The molecule has 0 atom stereocenters. The van der Waals surface area contributed by atoms with Crippen molar-refractivity contribution in [2.75, 3.05) is 6.54 Å². The van der Waals surface area contributed by atoms with Crippen LogP contribution in [0, 0.1) is 6.92 Å². The van der Waals surface area contributed by atoms with Crippen LogP contribution in [-0.4, -0.2) is 11.5 Å². The summed E-state index contributed by atoms with van der Waals surface area (Å²) in [4.78, 5) is 4.35. The van der Waals surface area contributed by atoms with E-state index in [0.29, 0.717) is 10.9 Å². The molecule has 2 rings (SSSR count). The van der Waals surface area contributed by atoms with Crippen LogP contribution in [0.25, 0.3) is 0 Å². The van der Waals surface area contributed by atoms with Crippen LogP contribution in [0.15, 0.2) is 36.5 Å². The van der Waals surface area contributed by atoms with Crippen molar-refractivity contribution in [1.82, 2.24) is 10.3 Å². The van der Waals surface area contributed by atoms with Crippen LogP contribution in [0.3, 0.4) is 0 Å². The van der Waals surface area contributed by atoms with E-state index in [2.05, 4.69) is 23.3 Å². The van der Waals surface area contributed by atoms with Gasteiger partial charge in [0.15, 0.2) is 0 Å². The molecular formula is C15H17ClN2O. The minimum Gasteiger partial charge on any atom is -0.439 e. The van der Waals surface area contributed by atoms with Gasteiger partial charge in [0, 0.05) is 23.3 Å². The summed E-state index contributed by atoms with van der Waals surface area (Å²) in [5, 5.41) is 3.96. The predicted molar refractivity (Wildman–Crippen MR) is 77.9 cm³/mol. The van der Waals surface area contributed by atoms with E-state index in [-0.39, 0.29) is 0 Å².